The first kappa shape index (κ1) is 8.85. The number of rotatable bonds is 0. The Morgan fingerprint density at radius 2 is 2.31 bits per heavy atom. The molecule has 0 amide bonds. The second-order valence-corrected chi connectivity index (χ2v) is 3.75. The fourth-order valence-electron chi connectivity index (χ4n) is 1.64. The van der Waals surface area contributed by atoms with Gasteiger partial charge in [0.05, 0.1) is 6.10 Å². The molecule has 1 atom stereocenters. The van der Waals surface area contributed by atoms with Gasteiger partial charge in [0.15, 0.2) is 0 Å². The van der Waals surface area contributed by atoms with Crippen molar-refractivity contribution in [3.8, 4) is 0 Å². The van der Waals surface area contributed by atoms with Crippen molar-refractivity contribution < 1.29 is 5.11 Å². The predicted molar refractivity (Wildman–Crippen MR) is 54.1 cm³/mol. The molecular weight excluding hydrogens is 186 g/mol. The predicted octanol–water partition coefficient (Wildman–Crippen LogP) is 2.58. The molecule has 1 unspecified atom stereocenters. The molecule has 1 aliphatic rings. The van der Waals surface area contributed by atoms with Crippen LogP contribution < -0.4 is 5.32 Å². The molecule has 70 valence electrons. The Morgan fingerprint density at radius 3 is 3.15 bits per heavy atom. The van der Waals surface area contributed by atoms with Gasteiger partial charge in [-0.1, -0.05) is 11.6 Å². The Bertz CT molecular complexity index is 314. The lowest BCUT2D eigenvalue weighted by atomic mass is 10.1. The zero-order valence-corrected chi connectivity index (χ0v) is 8.01. The minimum Gasteiger partial charge on any atom is -0.388 e. The molecule has 0 saturated carbocycles. The van der Waals surface area contributed by atoms with Crippen LogP contribution in [0.2, 0.25) is 5.02 Å². The molecule has 1 aromatic carbocycles. The number of halogens is 1. The molecule has 2 rings (SSSR count). The van der Waals surface area contributed by atoms with Gasteiger partial charge < -0.3 is 10.4 Å². The molecule has 2 N–H and O–H groups in total. The third kappa shape index (κ3) is 1.79. The van der Waals surface area contributed by atoms with Crippen LogP contribution in [0.3, 0.4) is 0 Å². The molecule has 3 heteroatoms. The van der Waals surface area contributed by atoms with Crippen LogP contribution in [0.5, 0.6) is 0 Å². The molecule has 0 spiro atoms. The molecule has 1 aliphatic heterocycles. The smallest absolute Gasteiger partial charge is 0.0811 e. The molecule has 0 aliphatic carbocycles. The summed E-state index contributed by atoms with van der Waals surface area (Å²) in [6.07, 6.45) is 1.43. The fraction of sp³-hybridized carbons (Fsp3) is 0.400. The maximum Gasteiger partial charge on any atom is 0.0811 e. The topological polar surface area (TPSA) is 32.3 Å². The molecule has 1 heterocycles. The molecule has 0 radical (unpaired) electrons. The minimum absolute atomic E-state index is 0.372. The Balaban J connectivity index is 2.43. The molecule has 0 saturated heterocycles. The quantitative estimate of drug-likeness (QED) is 0.670. The molecule has 0 fully saturated rings. The van der Waals surface area contributed by atoms with Crippen LogP contribution in [0.25, 0.3) is 0 Å². The highest BCUT2D eigenvalue weighted by Crippen LogP contribution is 2.31. The second-order valence-electron chi connectivity index (χ2n) is 3.32. The van der Waals surface area contributed by atoms with Gasteiger partial charge in [0.25, 0.3) is 0 Å². The molecule has 0 bridgehead atoms. The summed E-state index contributed by atoms with van der Waals surface area (Å²) in [7, 11) is 0. The third-order valence-corrected chi connectivity index (χ3v) is 2.58. The lowest BCUT2D eigenvalue weighted by Gasteiger charge is -2.11. The van der Waals surface area contributed by atoms with Crippen LogP contribution in [-0.2, 0) is 0 Å². The number of fused-ring (bicyclic) bond motifs is 1. The standard InChI is InChI=1S/C10H12ClNO/c11-7-3-4-9-8(6-7)10(13)2-1-5-12-9/h3-4,6,10,12-13H,1-2,5H2. The number of nitrogens with one attached hydrogen (secondary N) is 1. The SMILES string of the molecule is OC1CCCNc2ccc(Cl)cc21. The monoisotopic (exact) mass is 197 g/mol. The van der Waals surface area contributed by atoms with E-state index in [9.17, 15) is 5.11 Å². The summed E-state index contributed by atoms with van der Waals surface area (Å²) >= 11 is 5.86. The summed E-state index contributed by atoms with van der Waals surface area (Å²) in [4.78, 5) is 0. The number of hydrogen-bond donors (Lipinski definition) is 2. The average Bonchev–Trinajstić information content (AvgIpc) is 2.29. The van der Waals surface area contributed by atoms with Gasteiger partial charge in [-0.3, -0.25) is 0 Å². The lowest BCUT2D eigenvalue weighted by Crippen LogP contribution is -1.99. The number of hydrogen-bond acceptors (Lipinski definition) is 2. The van der Waals surface area contributed by atoms with Gasteiger partial charge in [-0.15, -0.1) is 0 Å². The van der Waals surface area contributed by atoms with Gasteiger partial charge in [0.1, 0.15) is 0 Å². The van der Waals surface area contributed by atoms with Crippen molar-refractivity contribution in [3.05, 3.63) is 28.8 Å². The third-order valence-electron chi connectivity index (χ3n) is 2.34. The van der Waals surface area contributed by atoms with Crippen LogP contribution in [0.15, 0.2) is 18.2 Å². The largest absolute Gasteiger partial charge is 0.388 e. The highest BCUT2D eigenvalue weighted by Gasteiger charge is 2.15. The van der Waals surface area contributed by atoms with Gasteiger partial charge in [-0.2, -0.15) is 0 Å². The van der Waals surface area contributed by atoms with Crippen molar-refractivity contribution >= 4 is 17.3 Å². The maximum atomic E-state index is 9.77. The van der Waals surface area contributed by atoms with E-state index in [1.54, 1.807) is 0 Å². The summed E-state index contributed by atoms with van der Waals surface area (Å²) in [6.45, 7) is 0.922. The van der Waals surface area contributed by atoms with Gasteiger partial charge in [0.2, 0.25) is 0 Å². The Labute approximate surface area is 82.5 Å². The summed E-state index contributed by atoms with van der Waals surface area (Å²) < 4.78 is 0. The second kappa shape index (κ2) is 3.56. The Kier molecular flexibility index (Phi) is 2.42. The fourth-order valence-corrected chi connectivity index (χ4v) is 1.82. The zero-order chi connectivity index (χ0) is 9.26. The summed E-state index contributed by atoms with van der Waals surface area (Å²) in [6, 6.07) is 5.59. The average molecular weight is 198 g/mol. The molecule has 0 aromatic heterocycles. The van der Waals surface area contributed by atoms with Crippen molar-refractivity contribution in [1.82, 2.24) is 0 Å². The first-order valence-corrected chi connectivity index (χ1v) is 4.86. The highest BCUT2D eigenvalue weighted by atomic mass is 35.5. The van der Waals surface area contributed by atoms with E-state index < -0.39 is 0 Å². The first-order valence-electron chi connectivity index (χ1n) is 4.49. The van der Waals surface area contributed by atoms with E-state index in [0.29, 0.717) is 5.02 Å². The Morgan fingerprint density at radius 1 is 1.46 bits per heavy atom. The summed E-state index contributed by atoms with van der Waals surface area (Å²) in [5, 5.41) is 13.7. The van der Waals surface area contributed by atoms with Crippen molar-refractivity contribution in [2.75, 3.05) is 11.9 Å². The van der Waals surface area contributed by atoms with Crippen molar-refractivity contribution in [3.63, 3.8) is 0 Å². The zero-order valence-electron chi connectivity index (χ0n) is 7.26. The molecule has 13 heavy (non-hydrogen) atoms. The number of anilines is 1. The minimum atomic E-state index is -0.372. The van der Waals surface area contributed by atoms with E-state index in [0.717, 1.165) is 30.6 Å². The summed E-state index contributed by atoms with van der Waals surface area (Å²) in [5.74, 6) is 0. The van der Waals surface area contributed by atoms with Gasteiger partial charge in [0, 0.05) is 22.8 Å². The number of aliphatic hydroxyl groups excluding tert-OH is 1. The summed E-state index contributed by atoms with van der Waals surface area (Å²) in [5.41, 5.74) is 1.93. The van der Waals surface area contributed by atoms with Crippen LogP contribution in [0.1, 0.15) is 24.5 Å². The van der Waals surface area contributed by atoms with Gasteiger partial charge in [-0.05, 0) is 31.0 Å². The van der Waals surface area contributed by atoms with E-state index in [-0.39, 0.29) is 6.10 Å². The molecular formula is C10H12ClNO. The number of benzene rings is 1. The van der Waals surface area contributed by atoms with E-state index >= 15 is 0 Å². The Hall–Kier alpha value is -0.730. The number of aliphatic hydroxyl groups is 1. The van der Waals surface area contributed by atoms with Gasteiger partial charge in [-0.25, -0.2) is 0 Å². The lowest BCUT2D eigenvalue weighted by molar-refractivity contribution is 0.168. The van der Waals surface area contributed by atoms with E-state index in [1.807, 2.05) is 18.2 Å². The van der Waals surface area contributed by atoms with Crippen molar-refractivity contribution in [2.45, 2.75) is 18.9 Å². The molecule has 2 nitrogen and oxygen atoms in total. The van der Waals surface area contributed by atoms with Crippen LogP contribution in [0, 0.1) is 0 Å². The van der Waals surface area contributed by atoms with Crippen LogP contribution in [0.4, 0.5) is 5.69 Å². The van der Waals surface area contributed by atoms with E-state index in [2.05, 4.69) is 5.32 Å². The van der Waals surface area contributed by atoms with Gasteiger partial charge >= 0.3 is 0 Å². The molecule has 1 aromatic rings. The van der Waals surface area contributed by atoms with Crippen LogP contribution >= 0.6 is 11.6 Å². The van der Waals surface area contributed by atoms with Crippen molar-refractivity contribution in [2.24, 2.45) is 0 Å². The van der Waals surface area contributed by atoms with E-state index in [1.165, 1.54) is 0 Å². The first-order chi connectivity index (χ1) is 6.27. The maximum absolute atomic E-state index is 9.77. The van der Waals surface area contributed by atoms with E-state index in [4.69, 9.17) is 11.6 Å². The highest BCUT2D eigenvalue weighted by molar-refractivity contribution is 6.30. The van der Waals surface area contributed by atoms with Crippen molar-refractivity contribution in [1.29, 1.82) is 0 Å². The normalized spacial score (nSPS) is 21.5. The van der Waals surface area contributed by atoms with Crippen LogP contribution in [-0.4, -0.2) is 11.7 Å².